The second-order valence-corrected chi connectivity index (χ2v) is 6.55. The van der Waals surface area contributed by atoms with Gasteiger partial charge in [-0.1, -0.05) is 19.1 Å². The van der Waals surface area contributed by atoms with Crippen LogP contribution in [-0.4, -0.2) is 25.6 Å². The van der Waals surface area contributed by atoms with Crippen molar-refractivity contribution in [2.75, 3.05) is 13.7 Å². The highest BCUT2D eigenvalue weighted by Crippen LogP contribution is 2.37. The summed E-state index contributed by atoms with van der Waals surface area (Å²) in [5, 5.41) is 0. The Bertz CT molecular complexity index is 940. The van der Waals surface area contributed by atoms with E-state index in [9.17, 15) is 9.18 Å². The lowest BCUT2D eigenvalue weighted by atomic mass is 10.1. The first-order valence-corrected chi connectivity index (χ1v) is 9.10. The minimum Gasteiger partial charge on any atom is -0.493 e. The van der Waals surface area contributed by atoms with Crippen LogP contribution in [0.2, 0.25) is 0 Å². The van der Waals surface area contributed by atoms with E-state index in [1.165, 1.54) is 19.2 Å². The number of esters is 1. The van der Waals surface area contributed by atoms with E-state index in [4.69, 9.17) is 14.2 Å². The van der Waals surface area contributed by atoms with Gasteiger partial charge in [-0.2, -0.15) is 0 Å². The standard InChI is InChI=1S/C20H17BrFNO4/c1-3-8-26-18-14(21)9-12(11-17(18)25-2)10-16-20(24)27-19(23-16)13-6-4-5-7-15(13)22/h4-7,9-11H,3,8H2,1-2H3. The van der Waals surface area contributed by atoms with Crippen molar-refractivity contribution in [3.05, 3.63) is 63.5 Å². The number of cyclic esters (lactones) is 1. The van der Waals surface area contributed by atoms with E-state index >= 15 is 0 Å². The first-order chi connectivity index (χ1) is 13.0. The summed E-state index contributed by atoms with van der Waals surface area (Å²) in [4.78, 5) is 16.3. The van der Waals surface area contributed by atoms with Gasteiger partial charge in [0.2, 0.25) is 5.90 Å². The molecule has 0 saturated carbocycles. The molecule has 0 radical (unpaired) electrons. The Kier molecular flexibility index (Phi) is 5.91. The molecule has 0 saturated heterocycles. The predicted molar refractivity (Wildman–Crippen MR) is 103 cm³/mol. The molecule has 1 heterocycles. The summed E-state index contributed by atoms with van der Waals surface area (Å²) >= 11 is 3.46. The molecule has 27 heavy (non-hydrogen) atoms. The van der Waals surface area contributed by atoms with Gasteiger partial charge >= 0.3 is 5.97 Å². The van der Waals surface area contributed by atoms with Crippen molar-refractivity contribution in [1.82, 2.24) is 0 Å². The van der Waals surface area contributed by atoms with Crippen molar-refractivity contribution in [3.63, 3.8) is 0 Å². The first kappa shape index (κ1) is 19.1. The number of rotatable bonds is 6. The van der Waals surface area contributed by atoms with E-state index in [-0.39, 0.29) is 17.2 Å². The molecular formula is C20H17BrFNO4. The van der Waals surface area contributed by atoms with Crippen LogP contribution in [0, 0.1) is 5.82 Å². The summed E-state index contributed by atoms with van der Waals surface area (Å²) in [5.74, 6) is -0.0968. The predicted octanol–water partition coefficient (Wildman–Crippen LogP) is 4.73. The normalized spacial score (nSPS) is 14.9. The summed E-state index contributed by atoms with van der Waals surface area (Å²) in [6, 6.07) is 9.50. The second-order valence-electron chi connectivity index (χ2n) is 5.70. The molecule has 5 nitrogen and oxygen atoms in total. The fraction of sp³-hybridized carbons (Fsp3) is 0.200. The van der Waals surface area contributed by atoms with Crippen molar-refractivity contribution in [3.8, 4) is 11.5 Å². The van der Waals surface area contributed by atoms with Gasteiger partial charge in [-0.15, -0.1) is 0 Å². The van der Waals surface area contributed by atoms with Gasteiger partial charge < -0.3 is 14.2 Å². The SMILES string of the molecule is CCCOc1c(Br)cc(C=C2N=C(c3ccccc3F)OC2=O)cc1OC. The minimum atomic E-state index is -0.644. The number of hydrogen-bond acceptors (Lipinski definition) is 5. The molecular weight excluding hydrogens is 417 g/mol. The van der Waals surface area contributed by atoms with Crippen molar-refractivity contribution in [1.29, 1.82) is 0 Å². The molecule has 2 aromatic rings. The largest absolute Gasteiger partial charge is 0.493 e. The highest BCUT2D eigenvalue weighted by molar-refractivity contribution is 9.10. The fourth-order valence-corrected chi connectivity index (χ4v) is 3.06. The molecule has 0 unspecified atom stereocenters. The van der Waals surface area contributed by atoms with Gasteiger partial charge in [0.1, 0.15) is 5.82 Å². The van der Waals surface area contributed by atoms with Crippen LogP contribution in [0.5, 0.6) is 11.5 Å². The molecule has 0 aromatic heterocycles. The molecule has 0 aliphatic carbocycles. The molecule has 7 heteroatoms. The van der Waals surface area contributed by atoms with Crippen molar-refractivity contribution >= 4 is 33.9 Å². The van der Waals surface area contributed by atoms with Crippen LogP contribution < -0.4 is 9.47 Å². The Morgan fingerprint density at radius 2 is 2.07 bits per heavy atom. The van der Waals surface area contributed by atoms with Crippen LogP contribution in [0.4, 0.5) is 4.39 Å². The lowest BCUT2D eigenvalue weighted by Gasteiger charge is -2.13. The molecule has 0 atom stereocenters. The molecule has 0 amide bonds. The van der Waals surface area contributed by atoms with Gasteiger partial charge in [0, 0.05) is 0 Å². The highest BCUT2D eigenvalue weighted by Gasteiger charge is 2.26. The second kappa shape index (κ2) is 8.35. The number of methoxy groups -OCH3 is 1. The zero-order chi connectivity index (χ0) is 19.4. The molecule has 0 fully saturated rings. The van der Waals surface area contributed by atoms with Crippen molar-refractivity contribution in [2.45, 2.75) is 13.3 Å². The molecule has 1 aliphatic heterocycles. The van der Waals surface area contributed by atoms with Gasteiger partial charge in [-0.05, 0) is 58.3 Å². The molecule has 2 aromatic carbocycles. The number of carbonyl (C=O) groups excluding carboxylic acids is 1. The number of nitrogens with zero attached hydrogens (tertiary/aromatic N) is 1. The number of benzene rings is 2. The number of aliphatic imine (C=N–C) groups is 1. The summed E-state index contributed by atoms with van der Waals surface area (Å²) in [5.41, 5.74) is 0.869. The van der Waals surface area contributed by atoms with E-state index in [1.54, 1.807) is 30.3 Å². The maximum absolute atomic E-state index is 13.9. The molecule has 1 aliphatic rings. The van der Waals surface area contributed by atoms with Gasteiger partial charge in [0.15, 0.2) is 17.2 Å². The Morgan fingerprint density at radius 3 is 2.78 bits per heavy atom. The molecule has 0 N–H and O–H groups in total. The smallest absolute Gasteiger partial charge is 0.363 e. The third-order valence-electron chi connectivity index (χ3n) is 3.73. The zero-order valence-electron chi connectivity index (χ0n) is 14.8. The minimum absolute atomic E-state index is 0.0571. The third-order valence-corrected chi connectivity index (χ3v) is 4.32. The summed E-state index contributed by atoms with van der Waals surface area (Å²) < 4.78 is 30.8. The lowest BCUT2D eigenvalue weighted by molar-refractivity contribution is -0.129. The molecule has 0 spiro atoms. The number of ether oxygens (including phenoxy) is 3. The van der Waals surface area contributed by atoms with E-state index in [0.29, 0.717) is 28.1 Å². The van der Waals surface area contributed by atoms with E-state index in [2.05, 4.69) is 20.9 Å². The fourth-order valence-electron chi connectivity index (χ4n) is 2.48. The third kappa shape index (κ3) is 4.19. The van der Waals surface area contributed by atoms with Crippen LogP contribution in [0.3, 0.4) is 0 Å². The Balaban J connectivity index is 1.95. The Labute approximate surface area is 164 Å². The molecule has 3 rings (SSSR count). The van der Waals surface area contributed by atoms with E-state index in [0.717, 1.165) is 6.42 Å². The zero-order valence-corrected chi connectivity index (χ0v) is 16.4. The monoisotopic (exact) mass is 433 g/mol. The number of hydrogen-bond donors (Lipinski definition) is 0. The topological polar surface area (TPSA) is 57.1 Å². The molecule has 140 valence electrons. The highest BCUT2D eigenvalue weighted by atomic mass is 79.9. The maximum Gasteiger partial charge on any atom is 0.363 e. The van der Waals surface area contributed by atoms with Crippen LogP contribution >= 0.6 is 15.9 Å². The van der Waals surface area contributed by atoms with Gasteiger partial charge in [-0.3, -0.25) is 0 Å². The number of halogens is 2. The Hall–Kier alpha value is -2.67. The van der Waals surface area contributed by atoms with Crippen LogP contribution in [0.1, 0.15) is 24.5 Å². The Morgan fingerprint density at radius 1 is 1.30 bits per heavy atom. The maximum atomic E-state index is 13.9. The average Bonchev–Trinajstić information content (AvgIpc) is 3.01. The van der Waals surface area contributed by atoms with Crippen molar-refractivity contribution < 1.29 is 23.4 Å². The van der Waals surface area contributed by atoms with Crippen LogP contribution in [0.25, 0.3) is 6.08 Å². The van der Waals surface area contributed by atoms with E-state index < -0.39 is 11.8 Å². The number of carbonyl (C=O) groups is 1. The van der Waals surface area contributed by atoms with Gasteiger partial charge in [0.05, 0.1) is 23.8 Å². The quantitative estimate of drug-likeness (QED) is 0.487. The average molecular weight is 434 g/mol. The lowest BCUT2D eigenvalue weighted by Crippen LogP contribution is -2.07. The summed E-state index contributed by atoms with van der Waals surface area (Å²) in [6.07, 6.45) is 2.41. The van der Waals surface area contributed by atoms with E-state index in [1.807, 2.05) is 6.92 Å². The molecule has 0 bridgehead atoms. The summed E-state index contributed by atoms with van der Waals surface area (Å²) in [7, 11) is 1.54. The first-order valence-electron chi connectivity index (χ1n) is 8.31. The van der Waals surface area contributed by atoms with Crippen LogP contribution in [0.15, 0.2) is 51.6 Å². The van der Waals surface area contributed by atoms with Gasteiger partial charge in [0.25, 0.3) is 0 Å². The summed E-state index contributed by atoms with van der Waals surface area (Å²) in [6.45, 7) is 2.56. The van der Waals surface area contributed by atoms with Gasteiger partial charge in [-0.25, -0.2) is 14.2 Å². The van der Waals surface area contributed by atoms with Crippen molar-refractivity contribution in [2.24, 2.45) is 4.99 Å². The van der Waals surface area contributed by atoms with Crippen LogP contribution in [-0.2, 0) is 9.53 Å².